The van der Waals surface area contributed by atoms with Gasteiger partial charge in [-0.2, -0.15) is 0 Å². The van der Waals surface area contributed by atoms with Crippen LogP contribution in [0.25, 0.3) is 5.76 Å². The van der Waals surface area contributed by atoms with Gasteiger partial charge in [-0.25, -0.2) is 0 Å². The minimum absolute atomic E-state index is 0.0187. The van der Waals surface area contributed by atoms with E-state index in [1.165, 1.54) is 12.0 Å². The van der Waals surface area contributed by atoms with E-state index in [4.69, 9.17) is 18.9 Å². The van der Waals surface area contributed by atoms with E-state index in [1.807, 2.05) is 19.9 Å². The van der Waals surface area contributed by atoms with E-state index < -0.39 is 17.7 Å². The number of benzene rings is 2. The largest absolute Gasteiger partial charge is 0.507 e. The molecule has 36 heavy (non-hydrogen) atoms. The summed E-state index contributed by atoms with van der Waals surface area (Å²) in [6, 6.07) is 9.70. The number of aliphatic hydroxyl groups excluding tert-OH is 1. The molecule has 0 bridgehead atoms. The second-order valence-corrected chi connectivity index (χ2v) is 8.68. The summed E-state index contributed by atoms with van der Waals surface area (Å²) in [6.45, 7) is 8.60. The van der Waals surface area contributed by atoms with Crippen molar-refractivity contribution in [1.82, 2.24) is 4.90 Å². The molecule has 1 N–H and O–H groups in total. The van der Waals surface area contributed by atoms with Gasteiger partial charge in [0.2, 0.25) is 0 Å². The number of carbonyl (C=O) groups is 2. The van der Waals surface area contributed by atoms with E-state index in [0.29, 0.717) is 42.3 Å². The Morgan fingerprint density at radius 3 is 2.72 bits per heavy atom. The maximum atomic E-state index is 13.2. The van der Waals surface area contributed by atoms with Gasteiger partial charge < -0.3 is 29.0 Å². The Morgan fingerprint density at radius 1 is 1.19 bits per heavy atom. The number of methoxy groups -OCH3 is 1. The molecule has 190 valence electrons. The van der Waals surface area contributed by atoms with Crippen molar-refractivity contribution in [2.24, 2.45) is 0 Å². The van der Waals surface area contributed by atoms with Gasteiger partial charge >= 0.3 is 0 Å². The average molecular weight is 494 g/mol. The first-order valence-electron chi connectivity index (χ1n) is 12.0. The maximum absolute atomic E-state index is 13.2. The summed E-state index contributed by atoms with van der Waals surface area (Å²) in [7, 11) is 1.53. The summed E-state index contributed by atoms with van der Waals surface area (Å²) in [5.41, 5.74) is 2.03. The van der Waals surface area contributed by atoms with E-state index in [0.717, 1.165) is 11.3 Å². The molecule has 4 rings (SSSR count). The average Bonchev–Trinajstić information content (AvgIpc) is 3.37. The Morgan fingerprint density at radius 2 is 2.00 bits per heavy atom. The fourth-order valence-corrected chi connectivity index (χ4v) is 4.60. The van der Waals surface area contributed by atoms with Crippen LogP contribution in [-0.4, -0.2) is 61.3 Å². The van der Waals surface area contributed by atoms with Crippen molar-refractivity contribution in [3.63, 3.8) is 0 Å². The number of Topliss-reactive ketones (excluding diaryl/α,β-unsaturated/α-hetero) is 1. The summed E-state index contributed by atoms with van der Waals surface area (Å²) in [5.74, 6) is 0.0726. The highest BCUT2D eigenvalue weighted by Gasteiger charge is 2.46. The van der Waals surface area contributed by atoms with Crippen molar-refractivity contribution in [1.29, 1.82) is 0 Å². The number of aliphatic hydroxyl groups is 1. The molecule has 2 aromatic carbocycles. The third-order valence-corrected chi connectivity index (χ3v) is 6.19. The Balaban J connectivity index is 1.83. The number of carbonyl (C=O) groups excluding carboxylic acids is 2. The highest BCUT2D eigenvalue weighted by Crippen LogP contribution is 2.42. The van der Waals surface area contributed by atoms with E-state index in [1.54, 1.807) is 36.4 Å². The van der Waals surface area contributed by atoms with Crippen LogP contribution in [-0.2, 0) is 20.7 Å². The fourth-order valence-electron chi connectivity index (χ4n) is 4.60. The molecule has 2 aromatic rings. The van der Waals surface area contributed by atoms with Gasteiger partial charge in [0.25, 0.3) is 11.7 Å². The maximum Gasteiger partial charge on any atom is 0.295 e. The van der Waals surface area contributed by atoms with E-state index >= 15 is 0 Å². The molecule has 8 nitrogen and oxygen atoms in total. The molecule has 0 aliphatic carbocycles. The van der Waals surface area contributed by atoms with Gasteiger partial charge in [0.15, 0.2) is 11.5 Å². The number of hydrogen-bond acceptors (Lipinski definition) is 7. The van der Waals surface area contributed by atoms with Gasteiger partial charge in [-0.05, 0) is 55.3 Å². The topological polar surface area (TPSA) is 94.5 Å². The third-order valence-electron chi connectivity index (χ3n) is 6.19. The Labute approximate surface area is 210 Å². The number of amides is 1. The third kappa shape index (κ3) is 4.81. The quantitative estimate of drug-likeness (QED) is 0.231. The molecule has 1 saturated heterocycles. The standard InChI is InChI=1S/C28H31NO7/c1-5-12-35-22-10-7-18(16-23(22)34-6-2)25-24(27(31)28(32)29(25)11-13-33-4)26(30)19-8-9-21-20(15-19)14-17(3)36-21/h5,7-10,15-17,25,30H,1,6,11-14H2,2-4H3/t17-,25+/m1/s1. The van der Waals surface area contributed by atoms with Crippen LogP contribution < -0.4 is 14.2 Å². The van der Waals surface area contributed by atoms with Gasteiger partial charge in [-0.3, -0.25) is 9.59 Å². The first-order chi connectivity index (χ1) is 17.4. The molecule has 0 unspecified atom stereocenters. The zero-order valence-electron chi connectivity index (χ0n) is 20.8. The van der Waals surface area contributed by atoms with Crippen molar-refractivity contribution >= 4 is 17.4 Å². The second kappa shape index (κ2) is 10.9. The van der Waals surface area contributed by atoms with Gasteiger partial charge in [-0.15, -0.1) is 0 Å². The molecule has 0 spiro atoms. The molecular weight excluding hydrogens is 462 g/mol. The Hall–Kier alpha value is -3.78. The van der Waals surface area contributed by atoms with Gasteiger partial charge in [0, 0.05) is 25.6 Å². The monoisotopic (exact) mass is 493 g/mol. The van der Waals surface area contributed by atoms with Crippen LogP contribution in [0.5, 0.6) is 17.2 Å². The number of nitrogens with zero attached hydrogens (tertiary/aromatic N) is 1. The number of ether oxygens (including phenoxy) is 4. The molecule has 0 aromatic heterocycles. The smallest absolute Gasteiger partial charge is 0.295 e. The number of hydrogen-bond donors (Lipinski definition) is 1. The van der Waals surface area contributed by atoms with Crippen LogP contribution in [0.3, 0.4) is 0 Å². The van der Waals surface area contributed by atoms with Crippen molar-refractivity contribution in [3.05, 3.63) is 71.3 Å². The van der Waals surface area contributed by atoms with E-state index in [2.05, 4.69) is 6.58 Å². The molecule has 2 atom stereocenters. The molecular formula is C28H31NO7. The summed E-state index contributed by atoms with van der Waals surface area (Å²) in [6.07, 6.45) is 2.37. The van der Waals surface area contributed by atoms with Gasteiger partial charge in [-0.1, -0.05) is 18.7 Å². The molecule has 2 heterocycles. The second-order valence-electron chi connectivity index (χ2n) is 8.68. The van der Waals surface area contributed by atoms with Crippen molar-refractivity contribution in [3.8, 4) is 17.2 Å². The van der Waals surface area contributed by atoms with Crippen molar-refractivity contribution in [2.75, 3.05) is 33.5 Å². The zero-order chi connectivity index (χ0) is 25.8. The van der Waals surface area contributed by atoms with Crippen molar-refractivity contribution < 1.29 is 33.6 Å². The fraction of sp³-hybridized carbons (Fsp3) is 0.357. The Bertz CT molecular complexity index is 1200. The summed E-state index contributed by atoms with van der Waals surface area (Å²) >= 11 is 0. The number of likely N-dealkylation sites (tertiary alicyclic amines) is 1. The predicted molar refractivity (Wildman–Crippen MR) is 134 cm³/mol. The highest BCUT2D eigenvalue weighted by molar-refractivity contribution is 6.46. The lowest BCUT2D eigenvalue weighted by Gasteiger charge is -2.26. The molecule has 0 saturated carbocycles. The number of fused-ring (bicyclic) bond motifs is 1. The minimum atomic E-state index is -0.823. The first kappa shape index (κ1) is 25.3. The number of rotatable bonds is 10. The summed E-state index contributed by atoms with van der Waals surface area (Å²) in [5, 5.41) is 11.4. The van der Waals surface area contributed by atoms with Gasteiger partial charge in [0.05, 0.1) is 24.8 Å². The predicted octanol–water partition coefficient (Wildman–Crippen LogP) is 4.04. The molecule has 2 aliphatic rings. The molecule has 1 amide bonds. The highest BCUT2D eigenvalue weighted by atomic mass is 16.5. The molecule has 1 fully saturated rings. The summed E-state index contributed by atoms with van der Waals surface area (Å²) < 4.78 is 22.4. The van der Waals surface area contributed by atoms with Crippen LogP contribution in [0.15, 0.2) is 54.6 Å². The lowest BCUT2D eigenvalue weighted by molar-refractivity contribution is -0.140. The van der Waals surface area contributed by atoms with Crippen LogP contribution in [0, 0.1) is 0 Å². The van der Waals surface area contributed by atoms with Crippen LogP contribution in [0.4, 0.5) is 0 Å². The van der Waals surface area contributed by atoms with E-state index in [9.17, 15) is 14.7 Å². The zero-order valence-corrected chi connectivity index (χ0v) is 20.8. The molecule has 2 aliphatic heterocycles. The molecule has 0 radical (unpaired) electrons. The van der Waals surface area contributed by atoms with Crippen LogP contribution >= 0.6 is 0 Å². The summed E-state index contributed by atoms with van der Waals surface area (Å²) in [4.78, 5) is 27.7. The SMILES string of the molecule is C=CCOc1ccc([C@H]2C(=C(O)c3ccc4c(c3)C[C@@H](C)O4)C(=O)C(=O)N2CCOC)cc1OCC. The lowest BCUT2D eigenvalue weighted by atomic mass is 9.94. The van der Waals surface area contributed by atoms with E-state index in [-0.39, 0.29) is 30.6 Å². The van der Waals surface area contributed by atoms with Crippen LogP contribution in [0.2, 0.25) is 0 Å². The minimum Gasteiger partial charge on any atom is -0.507 e. The van der Waals surface area contributed by atoms with Crippen molar-refractivity contribution in [2.45, 2.75) is 32.4 Å². The molecule has 8 heteroatoms. The van der Waals surface area contributed by atoms with Gasteiger partial charge in [0.1, 0.15) is 24.2 Å². The first-order valence-corrected chi connectivity index (χ1v) is 12.0. The Kier molecular flexibility index (Phi) is 7.64. The number of ketones is 1. The lowest BCUT2D eigenvalue weighted by Crippen LogP contribution is -2.32. The normalized spacial score (nSPS) is 20.2. The van der Waals surface area contributed by atoms with Crippen LogP contribution in [0.1, 0.15) is 36.6 Å².